The molecule has 0 fully saturated rings. The molecule has 0 aliphatic carbocycles. The van der Waals surface area contributed by atoms with Gasteiger partial charge in [-0.3, -0.25) is 0 Å². The van der Waals surface area contributed by atoms with E-state index in [1.165, 1.54) is 57.8 Å². The second kappa shape index (κ2) is 11.2. The van der Waals surface area contributed by atoms with E-state index in [0.717, 1.165) is 46.8 Å². The van der Waals surface area contributed by atoms with Gasteiger partial charge in [-0.15, -0.1) is 0 Å². The molecule has 0 radical (unpaired) electrons. The number of hydrogen-bond donors (Lipinski definition) is 1. The van der Waals surface area contributed by atoms with Crippen LogP contribution in [0.2, 0.25) is 0 Å². The molecule has 0 bridgehead atoms. The van der Waals surface area contributed by atoms with Crippen LogP contribution >= 0.6 is 0 Å². The van der Waals surface area contributed by atoms with Crippen LogP contribution in [-0.2, 0) is 10.3 Å². The number of carbonyl (C=O) groups excluding carboxylic acids is 1. The third kappa shape index (κ3) is 4.61. The van der Waals surface area contributed by atoms with Crippen LogP contribution in [0.3, 0.4) is 0 Å². The lowest BCUT2D eigenvalue weighted by Gasteiger charge is -2.36. The highest BCUT2D eigenvalue weighted by molar-refractivity contribution is 6.02. The summed E-state index contributed by atoms with van der Waals surface area (Å²) in [6, 6.07) is 21.7. The zero-order chi connectivity index (χ0) is 24.8. The Morgan fingerprint density at radius 1 is 0.667 bits per heavy atom. The summed E-state index contributed by atoms with van der Waals surface area (Å²) in [5.74, 6) is 1.16. The quantitative estimate of drug-likeness (QED) is 0.207. The number of para-hydroxylation sites is 2. The van der Waals surface area contributed by atoms with E-state index in [2.05, 4.69) is 12.2 Å². The molecule has 2 heterocycles. The van der Waals surface area contributed by atoms with Crippen LogP contribution in [-0.4, -0.2) is 12.5 Å². The van der Waals surface area contributed by atoms with Crippen molar-refractivity contribution in [3.8, 4) is 11.5 Å². The lowest BCUT2D eigenvalue weighted by molar-refractivity contribution is 0.0225. The molecule has 0 aromatic heterocycles. The predicted octanol–water partition coefficient (Wildman–Crippen LogP) is 8.59. The molecule has 3 aromatic carbocycles. The van der Waals surface area contributed by atoms with E-state index in [0.29, 0.717) is 5.56 Å². The van der Waals surface area contributed by atoms with E-state index in [4.69, 9.17) is 9.47 Å². The van der Waals surface area contributed by atoms with Gasteiger partial charge in [0.2, 0.25) is 0 Å². The number of ether oxygens (including phenoxy) is 2. The standard InChI is InChI=1S/C32H37NO3/c1-2-3-4-5-6-7-8-9-10-15-23-33-27-20-16-19-26-30(27)31(34)36-32(26)24-17-11-13-21-28(24)35-29-22-14-12-18-25(29)32/h11-14,16-22,33H,2-10,15,23H2,1H3. The van der Waals surface area contributed by atoms with Crippen LogP contribution < -0.4 is 10.1 Å². The number of unbranched alkanes of at least 4 members (excludes halogenated alkanes) is 9. The van der Waals surface area contributed by atoms with Gasteiger partial charge in [-0.2, -0.15) is 0 Å². The van der Waals surface area contributed by atoms with Crippen molar-refractivity contribution in [3.05, 3.63) is 89.0 Å². The van der Waals surface area contributed by atoms with Gasteiger partial charge in [0.15, 0.2) is 5.60 Å². The molecule has 2 aliphatic heterocycles. The number of hydrogen-bond acceptors (Lipinski definition) is 4. The minimum absolute atomic E-state index is 0.289. The largest absolute Gasteiger partial charge is 0.456 e. The average Bonchev–Trinajstić information content (AvgIpc) is 3.21. The molecule has 36 heavy (non-hydrogen) atoms. The van der Waals surface area contributed by atoms with Crippen molar-refractivity contribution in [2.45, 2.75) is 76.7 Å². The van der Waals surface area contributed by atoms with Crippen molar-refractivity contribution in [1.82, 2.24) is 0 Å². The van der Waals surface area contributed by atoms with Gasteiger partial charge < -0.3 is 14.8 Å². The number of rotatable bonds is 12. The van der Waals surface area contributed by atoms with Gasteiger partial charge in [0.1, 0.15) is 11.5 Å². The first-order chi connectivity index (χ1) is 17.8. The topological polar surface area (TPSA) is 47.6 Å². The van der Waals surface area contributed by atoms with Crippen LogP contribution in [0.25, 0.3) is 0 Å². The van der Waals surface area contributed by atoms with Crippen molar-refractivity contribution < 1.29 is 14.3 Å². The van der Waals surface area contributed by atoms with E-state index in [1.807, 2.05) is 66.7 Å². The van der Waals surface area contributed by atoms with E-state index in [9.17, 15) is 4.79 Å². The summed E-state index contributed by atoms with van der Waals surface area (Å²) in [4.78, 5) is 13.4. The maximum Gasteiger partial charge on any atom is 0.342 e. The summed E-state index contributed by atoms with van der Waals surface area (Å²) < 4.78 is 12.5. The molecule has 5 rings (SSSR count). The van der Waals surface area contributed by atoms with Gasteiger partial charge in [0, 0.05) is 28.9 Å². The Balaban J connectivity index is 1.28. The van der Waals surface area contributed by atoms with Crippen LogP contribution in [0.5, 0.6) is 11.5 Å². The highest BCUT2D eigenvalue weighted by atomic mass is 16.6. The molecule has 1 spiro atoms. The van der Waals surface area contributed by atoms with Gasteiger partial charge >= 0.3 is 5.97 Å². The molecule has 0 saturated carbocycles. The number of anilines is 1. The maximum atomic E-state index is 13.4. The molecule has 0 saturated heterocycles. The minimum Gasteiger partial charge on any atom is -0.456 e. The number of fused-ring (bicyclic) bond motifs is 6. The van der Waals surface area contributed by atoms with E-state index in [-0.39, 0.29) is 5.97 Å². The maximum absolute atomic E-state index is 13.4. The monoisotopic (exact) mass is 483 g/mol. The Hall–Kier alpha value is -3.27. The fourth-order valence-corrected chi connectivity index (χ4v) is 5.65. The lowest BCUT2D eigenvalue weighted by atomic mass is 9.77. The number of esters is 1. The molecule has 3 aromatic rings. The number of nitrogens with one attached hydrogen (secondary N) is 1. The average molecular weight is 484 g/mol. The molecular weight excluding hydrogens is 446 g/mol. The van der Waals surface area contributed by atoms with Crippen molar-refractivity contribution in [2.24, 2.45) is 0 Å². The summed E-state index contributed by atoms with van der Waals surface area (Å²) in [5, 5.41) is 3.54. The Morgan fingerprint density at radius 3 is 1.86 bits per heavy atom. The molecule has 0 atom stereocenters. The van der Waals surface area contributed by atoms with Crippen molar-refractivity contribution >= 4 is 11.7 Å². The molecule has 188 valence electrons. The highest BCUT2D eigenvalue weighted by Crippen LogP contribution is 2.56. The van der Waals surface area contributed by atoms with E-state index >= 15 is 0 Å². The minimum atomic E-state index is -0.993. The van der Waals surface area contributed by atoms with Gasteiger partial charge in [0.25, 0.3) is 0 Å². The Morgan fingerprint density at radius 2 is 1.22 bits per heavy atom. The molecule has 4 heteroatoms. The van der Waals surface area contributed by atoms with Gasteiger partial charge in [-0.1, -0.05) is 113 Å². The first-order valence-electron chi connectivity index (χ1n) is 13.7. The van der Waals surface area contributed by atoms with Crippen LogP contribution in [0, 0.1) is 0 Å². The summed E-state index contributed by atoms with van der Waals surface area (Å²) in [7, 11) is 0. The predicted molar refractivity (Wildman–Crippen MR) is 145 cm³/mol. The Bertz CT molecular complexity index is 1160. The van der Waals surface area contributed by atoms with Crippen molar-refractivity contribution in [2.75, 3.05) is 11.9 Å². The summed E-state index contributed by atoms with van der Waals surface area (Å²) in [6.45, 7) is 3.12. The smallest absolute Gasteiger partial charge is 0.342 e. The fourth-order valence-electron chi connectivity index (χ4n) is 5.65. The number of carbonyl (C=O) groups is 1. The lowest BCUT2D eigenvalue weighted by Crippen LogP contribution is -2.32. The van der Waals surface area contributed by atoms with Gasteiger partial charge in [-0.05, 0) is 24.6 Å². The fraction of sp³-hybridized carbons (Fsp3) is 0.406. The zero-order valence-electron chi connectivity index (χ0n) is 21.4. The number of benzene rings is 3. The Kier molecular flexibility index (Phi) is 7.60. The van der Waals surface area contributed by atoms with E-state index in [1.54, 1.807) is 0 Å². The molecule has 1 N–H and O–H groups in total. The molecule has 2 aliphatic rings. The van der Waals surface area contributed by atoms with Crippen LogP contribution in [0.4, 0.5) is 5.69 Å². The van der Waals surface area contributed by atoms with Crippen LogP contribution in [0.1, 0.15) is 98.2 Å². The molecule has 0 unspecified atom stereocenters. The summed E-state index contributed by atoms with van der Waals surface area (Å²) in [6.07, 6.45) is 13.1. The third-order valence-electron chi connectivity index (χ3n) is 7.49. The second-order valence-corrected chi connectivity index (χ2v) is 10.0. The van der Waals surface area contributed by atoms with E-state index < -0.39 is 5.60 Å². The SMILES string of the molecule is CCCCCCCCCCCCNc1cccc2c1C(=O)OC21c2ccccc2Oc2ccccc21. The third-order valence-corrected chi connectivity index (χ3v) is 7.49. The Labute approximate surface area is 215 Å². The van der Waals surface area contributed by atoms with Crippen LogP contribution in [0.15, 0.2) is 66.7 Å². The zero-order valence-corrected chi connectivity index (χ0v) is 21.4. The molecular formula is C32H37NO3. The van der Waals surface area contributed by atoms with Crippen molar-refractivity contribution in [1.29, 1.82) is 0 Å². The molecule has 4 nitrogen and oxygen atoms in total. The molecule has 0 amide bonds. The first-order valence-corrected chi connectivity index (χ1v) is 13.7. The van der Waals surface area contributed by atoms with Gasteiger partial charge in [0.05, 0.1) is 5.56 Å². The normalized spacial score (nSPS) is 14.5. The highest BCUT2D eigenvalue weighted by Gasteiger charge is 2.54. The second-order valence-electron chi connectivity index (χ2n) is 10.0. The van der Waals surface area contributed by atoms with Gasteiger partial charge in [-0.25, -0.2) is 4.79 Å². The first kappa shape index (κ1) is 24.4. The van der Waals surface area contributed by atoms with Crippen molar-refractivity contribution in [3.63, 3.8) is 0 Å². The summed E-state index contributed by atoms with van der Waals surface area (Å²) >= 11 is 0. The summed E-state index contributed by atoms with van der Waals surface area (Å²) in [5.41, 5.74) is 3.10.